The molecule has 0 saturated carbocycles. The van der Waals surface area contributed by atoms with Crippen molar-refractivity contribution < 1.29 is 4.79 Å². The van der Waals surface area contributed by atoms with Crippen molar-refractivity contribution in [2.24, 2.45) is 0 Å². The first kappa shape index (κ1) is 16.0. The van der Waals surface area contributed by atoms with Crippen molar-refractivity contribution >= 4 is 40.3 Å². The number of benzene rings is 2. The molecule has 2 nitrogen and oxygen atoms in total. The van der Waals surface area contributed by atoms with Gasteiger partial charge in [-0.2, -0.15) is 0 Å². The van der Waals surface area contributed by atoms with Crippen LogP contribution in [-0.4, -0.2) is 26.9 Å². The molecule has 0 aliphatic carbocycles. The molecule has 0 unspecified atom stereocenters. The topological polar surface area (TPSA) is 20.3 Å². The second-order valence-electron chi connectivity index (χ2n) is 5.37. The standard InChI is InChI=1S/C19H17NOS2/c21-18(12-11-15-7-3-1-4-8-15)20-17(14-23-19(20)22)13-16-9-5-2-6-10-16/h1-12,17H,13-14H2/b12-11+/t17-/m0/s1. The van der Waals surface area contributed by atoms with Crippen LogP contribution in [0, 0.1) is 0 Å². The largest absolute Gasteiger partial charge is 0.290 e. The van der Waals surface area contributed by atoms with Crippen LogP contribution in [0.3, 0.4) is 0 Å². The number of carbonyl (C=O) groups is 1. The zero-order valence-electron chi connectivity index (χ0n) is 12.6. The molecule has 1 amide bonds. The Morgan fingerprint density at radius 3 is 2.48 bits per heavy atom. The van der Waals surface area contributed by atoms with E-state index in [2.05, 4.69) is 12.1 Å². The van der Waals surface area contributed by atoms with E-state index in [9.17, 15) is 4.79 Å². The molecule has 1 fully saturated rings. The summed E-state index contributed by atoms with van der Waals surface area (Å²) in [6.45, 7) is 0. The Kier molecular flexibility index (Phi) is 5.26. The molecule has 0 spiro atoms. The van der Waals surface area contributed by atoms with E-state index in [1.54, 1.807) is 22.7 Å². The Labute approximate surface area is 146 Å². The number of hydrogen-bond donors (Lipinski definition) is 0. The average molecular weight is 339 g/mol. The highest BCUT2D eigenvalue weighted by Gasteiger charge is 2.32. The summed E-state index contributed by atoms with van der Waals surface area (Å²) in [7, 11) is 0. The molecule has 4 heteroatoms. The molecule has 2 aromatic rings. The Hall–Kier alpha value is -1.91. The smallest absolute Gasteiger partial charge is 0.252 e. The van der Waals surface area contributed by atoms with Gasteiger partial charge >= 0.3 is 0 Å². The van der Waals surface area contributed by atoms with E-state index in [-0.39, 0.29) is 11.9 Å². The van der Waals surface area contributed by atoms with Gasteiger partial charge in [0.25, 0.3) is 5.91 Å². The minimum absolute atomic E-state index is 0.0372. The van der Waals surface area contributed by atoms with Crippen LogP contribution in [0.5, 0.6) is 0 Å². The van der Waals surface area contributed by atoms with Crippen molar-refractivity contribution in [2.45, 2.75) is 12.5 Å². The average Bonchev–Trinajstić information content (AvgIpc) is 2.95. The minimum Gasteiger partial charge on any atom is -0.290 e. The van der Waals surface area contributed by atoms with Gasteiger partial charge in [0.1, 0.15) is 4.32 Å². The predicted molar refractivity (Wildman–Crippen MR) is 101 cm³/mol. The number of thiocarbonyl (C=S) groups is 1. The summed E-state index contributed by atoms with van der Waals surface area (Å²) in [6, 6.07) is 20.2. The van der Waals surface area contributed by atoms with Gasteiger partial charge in [-0.25, -0.2) is 0 Å². The van der Waals surface area contributed by atoms with Gasteiger partial charge in [0.2, 0.25) is 0 Å². The molecular weight excluding hydrogens is 322 g/mol. The molecule has 1 aliphatic rings. The van der Waals surface area contributed by atoms with Crippen LogP contribution in [0.4, 0.5) is 0 Å². The summed E-state index contributed by atoms with van der Waals surface area (Å²) >= 11 is 6.96. The maximum atomic E-state index is 12.6. The molecule has 1 saturated heterocycles. The fourth-order valence-corrected chi connectivity index (χ4v) is 4.00. The summed E-state index contributed by atoms with van der Waals surface area (Å²) in [4.78, 5) is 14.3. The molecule has 3 rings (SSSR count). The third-order valence-electron chi connectivity index (χ3n) is 3.73. The number of hydrogen-bond acceptors (Lipinski definition) is 3. The molecule has 0 N–H and O–H groups in total. The molecule has 0 radical (unpaired) electrons. The van der Waals surface area contributed by atoms with Crippen LogP contribution in [0.25, 0.3) is 6.08 Å². The predicted octanol–water partition coefficient (Wildman–Crippen LogP) is 4.17. The van der Waals surface area contributed by atoms with Gasteiger partial charge in [0.05, 0.1) is 6.04 Å². The summed E-state index contributed by atoms with van der Waals surface area (Å²) < 4.78 is 0.675. The lowest BCUT2D eigenvalue weighted by molar-refractivity contribution is -0.123. The van der Waals surface area contributed by atoms with E-state index in [1.165, 1.54) is 5.56 Å². The van der Waals surface area contributed by atoms with Gasteiger partial charge in [0.15, 0.2) is 0 Å². The summed E-state index contributed by atoms with van der Waals surface area (Å²) in [6.07, 6.45) is 4.29. The molecule has 1 heterocycles. The molecule has 2 aromatic carbocycles. The normalized spacial score (nSPS) is 17.8. The van der Waals surface area contributed by atoms with Gasteiger partial charge in [-0.3, -0.25) is 9.69 Å². The summed E-state index contributed by atoms with van der Waals surface area (Å²) in [5, 5.41) is 0. The molecule has 0 bridgehead atoms. The fourth-order valence-electron chi connectivity index (χ4n) is 2.58. The SMILES string of the molecule is O=C(/C=C/c1ccccc1)N1C(=S)SC[C@@H]1Cc1ccccc1. The number of carbonyl (C=O) groups excluding carboxylic acids is 1. The van der Waals surface area contributed by atoms with E-state index in [4.69, 9.17) is 12.2 Å². The van der Waals surface area contributed by atoms with Crippen molar-refractivity contribution in [1.82, 2.24) is 4.90 Å². The highest BCUT2D eigenvalue weighted by atomic mass is 32.2. The number of thioether (sulfide) groups is 1. The second kappa shape index (κ2) is 7.57. The maximum absolute atomic E-state index is 12.6. The number of nitrogens with zero attached hydrogens (tertiary/aromatic N) is 1. The second-order valence-corrected chi connectivity index (χ2v) is 7.03. The lowest BCUT2D eigenvalue weighted by Gasteiger charge is -2.22. The van der Waals surface area contributed by atoms with E-state index in [0.717, 1.165) is 17.7 Å². The van der Waals surface area contributed by atoms with Crippen LogP contribution in [0.2, 0.25) is 0 Å². The zero-order valence-corrected chi connectivity index (χ0v) is 14.2. The van der Waals surface area contributed by atoms with Gasteiger partial charge in [-0.05, 0) is 23.6 Å². The van der Waals surface area contributed by atoms with Crippen molar-refractivity contribution in [3.05, 3.63) is 77.9 Å². The summed E-state index contributed by atoms with van der Waals surface area (Å²) in [5.74, 6) is 0.823. The van der Waals surface area contributed by atoms with Gasteiger partial charge < -0.3 is 0 Å². The van der Waals surface area contributed by atoms with Crippen LogP contribution in [0.1, 0.15) is 11.1 Å². The molecular formula is C19H17NOS2. The third-order valence-corrected chi connectivity index (χ3v) is 5.28. The number of rotatable bonds is 4. The maximum Gasteiger partial charge on any atom is 0.252 e. The number of amides is 1. The van der Waals surface area contributed by atoms with Gasteiger partial charge in [-0.15, -0.1) is 0 Å². The van der Waals surface area contributed by atoms with E-state index < -0.39 is 0 Å². The van der Waals surface area contributed by atoms with E-state index >= 15 is 0 Å². The summed E-state index contributed by atoms with van der Waals surface area (Å²) in [5.41, 5.74) is 2.24. The Morgan fingerprint density at radius 1 is 1.13 bits per heavy atom. The molecule has 1 atom stereocenters. The van der Waals surface area contributed by atoms with Crippen molar-refractivity contribution in [2.75, 3.05) is 5.75 Å². The molecule has 23 heavy (non-hydrogen) atoms. The fraction of sp³-hybridized carbons (Fsp3) is 0.158. The van der Waals surface area contributed by atoms with Crippen LogP contribution < -0.4 is 0 Å². The Balaban J connectivity index is 1.72. The molecule has 0 aromatic heterocycles. The Morgan fingerprint density at radius 2 is 1.78 bits per heavy atom. The highest BCUT2D eigenvalue weighted by molar-refractivity contribution is 8.23. The van der Waals surface area contributed by atoms with E-state index in [1.807, 2.05) is 54.6 Å². The zero-order chi connectivity index (χ0) is 16.1. The highest BCUT2D eigenvalue weighted by Crippen LogP contribution is 2.27. The first-order chi connectivity index (χ1) is 11.2. The first-order valence-corrected chi connectivity index (χ1v) is 8.90. The van der Waals surface area contributed by atoms with Crippen LogP contribution in [0.15, 0.2) is 66.7 Å². The minimum atomic E-state index is -0.0372. The quantitative estimate of drug-likeness (QED) is 0.616. The molecule has 1 aliphatic heterocycles. The first-order valence-electron chi connectivity index (χ1n) is 7.51. The van der Waals surface area contributed by atoms with E-state index in [0.29, 0.717) is 4.32 Å². The molecule has 116 valence electrons. The lowest BCUT2D eigenvalue weighted by atomic mass is 10.1. The van der Waals surface area contributed by atoms with Crippen molar-refractivity contribution in [3.63, 3.8) is 0 Å². The Bertz CT molecular complexity index is 713. The van der Waals surface area contributed by atoms with Crippen molar-refractivity contribution in [3.8, 4) is 0 Å². The lowest BCUT2D eigenvalue weighted by Crippen LogP contribution is -2.38. The van der Waals surface area contributed by atoms with Crippen LogP contribution >= 0.6 is 24.0 Å². The van der Waals surface area contributed by atoms with Gasteiger partial charge in [0, 0.05) is 11.8 Å². The van der Waals surface area contributed by atoms with Gasteiger partial charge in [-0.1, -0.05) is 84.6 Å². The van der Waals surface area contributed by atoms with Crippen LogP contribution in [-0.2, 0) is 11.2 Å². The monoisotopic (exact) mass is 339 g/mol. The van der Waals surface area contributed by atoms with Crippen molar-refractivity contribution in [1.29, 1.82) is 0 Å². The third kappa shape index (κ3) is 4.09.